The van der Waals surface area contributed by atoms with E-state index in [-0.39, 0.29) is 23.0 Å². The molecule has 0 bridgehead atoms. The summed E-state index contributed by atoms with van der Waals surface area (Å²) in [5.41, 5.74) is 5.80. The summed E-state index contributed by atoms with van der Waals surface area (Å²) in [4.78, 5) is 3.71. The van der Waals surface area contributed by atoms with Crippen molar-refractivity contribution in [1.29, 1.82) is 0 Å². The fourth-order valence-electron chi connectivity index (χ4n) is 5.70. The van der Waals surface area contributed by atoms with Crippen molar-refractivity contribution in [3.8, 4) is 16.9 Å². The van der Waals surface area contributed by atoms with Crippen LogP contribution in [0, 0.1) is 18.4 Å². The second kappa shape index (κ2) is 7.39. The quantitative estimate of drug-likeness (QED) is 0.413. The maximum Gasteiger partial charge on any atom is 0.203 e. The molecular weight excluding hydrogens is 450 g/mol. The summed E-state index contributed by atoms with van der Waals surface area (Å²) >= 11 is 3.61. The van der Waals surface area contributed by atoms with Gasteiger partial charge >= 0.3 is 0 Å². The van der Waals surface area contributed by atoms with Crippen LogP contribution in [0.4, 0.5) is 0 Å². The van der Waals surface area contributed by atoms with Gasteiger partial charge in [-0.2, -0.15) is 5.10 Å². The number of aliphatic hydroxyl groups is 1. The molecule has 3 atom stereocenters. The van der Waals surface area contributed by atoms with E-state index in [9.17, 15) is 5.11 Å². The molecule has 4 nitrogen and oxygen atoms in total. The first-order valence-corrected chi connectivity index (χ1v) is 11.5. The summed E-state index contributed by atoms with van der Waals surface area (Å²) < 4.78 is 3.09. The molecule has 0 amide bonds. The number of nitrogens with zero attached hydrogens (tertiary/aromatic N) is 3. The highest BCUT2D eigenvalue weighted by Crippen LogP contribution is 2.55. The van der Waals surface area contributed by atoms with Gasteiger partial charge in [-0.1, -0.05) is 66.2 Å². The van der Waals surface area contributed by atoms with Gasteiger partial charge in [-0.3, -0.25) is 0 Å². The number of fused-ring (bicyclic) bond motifs is 3. The molecule has 0 saturated heterocycles. The maximum absolute atomic E-state index is 10.7. The number of rotatable bonds is 2. The van der Waals surface area contributed by atoms with Crippen molar-refractivity contribution < 1.29 is 5.11 Å². The lowest BCUT2D eigenvalue weighted by Gasteiger charge is -2.48. The van der Waals surface area contributed by atoms with E-state index in [1.807, 2.05) is 30.3 Å². The van der Waals surface area contributed by atoms with Crippen molar-refractivity contribution in [2.24, 2.45) is 11.8 Å². The molecule has 156 valence electrons. The van der Waals surface area contributed by atoms with Crippen LogP contribution in [0.25, 0.3) is 21.8 Å². The first-order chi connectivity index (χ1) is 14.9. The first-order valence-electron chi connectivity index (χ1n) is 10.7. The monoisotopic (exact) mass is 473 g/mol. The second-order valence-electron chi connectivity index (χ2n) is 8.91. The zero-order chi connectivity index (χ0) is 21.8. The number of allylic oxidation sites excluding steroid dienone is 2. The summed E-state index contributed by atoms with van der Waals surface area (Å²) in [5, 5.41) is 15.8. The molecular formula is C26H24BrN3O. The fourth-order valence-corrected chi connectivity index (χ4v) is 6.08. The smallest absolute Gasteiger partial charge is 0.203 e. The molecule has 0 radical (unpaired) electrons. The number of hydrogen-bond acceptors (Lipinski definition) is 2. The van der Waals surface area contributed by atoms with Gasteiger partial charge in [0, 0.05) is 26.9 Å². The average molecular weight is 474 g/mol. The first kappa shape index (κ1) is 20.1. The Kier molecular flexibility index (Phi) is 4.79. The normalized spacial score (nSPS) is 25.0. The van der Waals surface area contributed by atoms with Gasteiger partial charge in [0.1, 0.15) is 0 Å². The molecule has 0 spiro atoms. The van der Waals surface area contributed by atoms with Gasteiger partial charge in [0.2, 0.25) is 5.70 Å². The van der Waals surface area contributed by atoms with Crippen LogP contribution in [0.1, 0.15) is 37.9 Å². The van der Waals surface area contributed by atoms with E-state index >= 15 is 0 Å². The van der Waals surface area contributed by atoms with Gasteiger partial charge < -0.3 is 5.11 Å². The van der Waals surface area contributed by atoms with Crippen LogP contribution < -0.4 is 0 Å². The van der Waals surface area contributed by atoms with Crippen molar-refractivity contribution >= 4 is 15.9 Å². The lowest BCUT2D eigenvalue weighted by atomic mass is 9.57. The van der Waals surface area contributed by atoms with Crippen LogP contribution >= 0.6 is 15.9 Å². The van der Waals surface area contributed by atoms with Gasteiger partial charge in [-0.15, -0.1) is 0 Å². The third-order valence-electron chi connectivity index (χ3n) is 7.15. The molecule has 0 fully saturated rings. The van der Waals surface area contributed by atoms with Crippen molar-refractivity contribution in [3.63, 3.8) is 0 Å². The molecule has 31 heavy (non-hydrogen) atoms. The number of aromatic nitrogens is 2. The summed E-state index contributed by atoms with van der Waals surface area (Å²) in [6.07, 6.45) is 2.43. The Morgan fingerprint density at radius 1 is 1.19 bits per heavy atom. The maximum atomic E-state index is 10.7. The lowest BCUT2D eigenvalue weighted by molar-refractivity contribution is 0.133. The van der Waals surface area contributed by atoms with Crippen LogP contribution in [0.2, 0.25) is 0 Å². The Balaban J connectivity index is 1.80. The third kappa shape index (κ3) is 3.04. The number of hydrogen-bond donors (Lipinski definition) is 1. The Morgan fingerprint density at radius 3 is 2.68 bits per heavy atom. The van der Waals surface area contributed by atoms with Gasteiger partial charge in [-0.05, 0) is 43.4 Å². The molecule has 3 aromatic rings. The molecule has 0 unspecified atom stereocenters. The van der Waals surface area contributed by atoms with Crippen LogP contribution in [0.3, 0.4) is 0 Å². The van der Waals surface area contributed by atoms with Crippen LogP contribution in [0.15, 0.2) is 70.5 Å². The molecule has 0 saturated carbocycles. The standard InChI is InChI=1S/C26H24BrN3O/c1-16-21-13-12-20-23(17-8-5-4-6-9-17)29-30(19-11-7-10-18(27)14-19)25(20)26(21,2)15-22(28-3)24(16)31/h4-11,14,16,21,31H,12-13,15H2,1-2H3/t16-,21-,26-/m1/s1. The second-order valence-corrected chi connectivity index (χ2v) is 9.82. The molecule has 1 heterocycles. The molecule has 5 heteroatoms. The van der Waals surface area contributed by atoms with Crippen LogP contribution in [0.5, 0.6) is 0 Å². The van der Waals surface area contributed by atoms with E-state index in [1.54, 1.807) is 0 Å². The summed E-state index contributed by atoms with van der Waals surface area (Å²) in [5.74, 6) is 0.497. The van der Waals surface area contributed by atoms with Crippen LogP contribution in [-0.2, 0) is 11.8 Å². The van der Waals surface area contributed by atoms with Gasteiger partial charge in [-0.25, -0.2) is 9.53 Å². The van der Waals surface area contributed by atoms with Gasteiger partial charge in [0.25, 0.3) is 0 Å². The van der Waals surface area contributed by atoms with Crippen molar-refractivity contribution in [3.05, 3.63) is 93.2 Å². The Morgan fingerprint density at radius 2 is 1.97 bits per heavy atom. The Labute approximate surface area is 191 Å². The fraction of sp³-hybridized carbons (Fsp3) is 0.308. The van der Waals surface area contributed by atoms with Gasteiger partial charge in [0.05, 0.1) is 29.4 Å². The molecule has 0 aliphatic heterocycles. The van der Waals surface area contributed by atoms with Gasteiger partial charge in [0.15, 0.2) is 0 Å². The lowest BCUT2D eigenvalue weighted by Crippen LogP contribution is -2.45. The number of benzene rings is 2. The number of halogens is 1. The molecule has 2 aromatic carbocycles. The highest BCUT2D eigenvalue weighted by molar-refractivity contribution is 9.10. The largest absolute Gasteiger partial charge is 0.523 e. The minimum atomic E-state index is -0.276. The summed E-state index contributed by atoms with van der Waals surface area (Å²) in [6, 6.07) is 18.6. The summed E-state index contributed by atoms with van der Waals surface area (Å²) in [7, 11) is 0. The van der Waals surface area contributed by atoms with E-state index in [0.717, 1.165) is 34.3 Å². The predicted octanol–water partition coefficient (Wildman–Crippen LogP) is 6.85. The van der Waals surface area contributed by atoms with E-state index in [0.29, 0.717) is 12.1 Å². The topological polar surface area (TPSA) is 42.4 Å². The molecule has 1 aromatic heterocycles. The third-order valence-corrected chi connectivity index (χ3v) is 7.64. The average Bonchev–Trinajstić information content (AvgIpc) is 3.18. The van der Waals surface area contributed by atoms with Crippen molar-refractivity contribution in [1.82, 2.24) is 9.78 Å². The van der Waals surface area contributed by atoms with Crippen molar-refractivity contribution in [2.75, 3.05) is 0 Å². The highest BCUT2D eigenvalue weighted by Gasteiger charge is 2.51. The molecule has 1 N–H and O–H groups in total. The van der Waals surface area contributed by atoms with E-state index < -0.39 is 0 Å². The number of aliphatic hydroxyl groups excluding tert-OH is 1. The minimum absolute atomic E-state index is 0.0398. The molecule has 2 aliphatic carbocycles. The summed E-state index contributed by atoms with van der Waals surface area (Å²) in [6.45, 7) is 12.0. The molecule has 2 aliphatic rings. The zero-order valence-corrected chi connectivity index (χ0v) is 19.2. The van der Waals surface area contributed by atoms with Crippen LogP contribution in [-0.4, -0.2) is 14.9 Å². The predicted molar refractivity (Wildman–Crippen MR) is 126 cm³/mol. The SMILES string of the molecule is [C-]#[N+]C1=C(O)[C@H](C)[C@H]2CCc3c(-c4ccccc4)nn(-c4cccc(Br)c4)c3[C@]2(C)C1. The zero-order valence-electron chi connectivity index (χ0n) is 17.6. The van der Waals surface area contributed by atoms with E-state index in [2.05, 4.69) is 63.6 Å². The van der Waals surface area contributed by atoms with E-state index in [1.165, 1.54) is 11.3 Å². The highest BCUT2D eigenvalue weighted by atomic mass is 79.9. The minimum Gasteiger partial charge on any atom is -0.523 e. The molecule has 5 rings (SSSR count). The Hall–Kier alpha value is -2.84. The van der Waals surface area contributed by atoms with Crippen molar-refractivity contribution in [2.45, 2.75) is 38.5 Å². The Bertz CT molecular complexity index is 1240. The van der Waals surface area contributed by atoms with E-state index in [4.69, 9.17) is 11.7 Å².